The monoisotopic (exact) mass is 279 g/mol. The molecule has 0 aliphatic carbocycles. The summed E-state index contributed by atoms with van der Waals surface area (Å²) in [5, 5.41) is 3.41. The van der Waals surface area contributed by atoms with Gasteiger partial charge in [-0.3, -0.25) is 4.79 Å². The zero-order valence-electron chi connectivity index (χ0n) is 11.4. The van der Waals surface area contributed by atoms with Crippen LogP contribution in [0.4, 0.5) is 0 Å². The van der Waals surface area contributed by atoms with Gasteiger partial charge in [-0.1, -0.05) is 12.1 Å². The number of nitrogens with one attached hydrogen (secondary N) is 1. The molecular weight excluding hydrogens is 258 g/mol. The van der Waals surface area contributed by atoms with Crippen molar-refractivity contribution in [1.82, 2.24) is 5.32 Å². The first-order chi connectivity index (χ1) is 9.28. The van der Waals surface area contributed by atoms with Crippen LogP contribution < -0.4 is 10.1 Å². The van der Waals surface area contributed by atoms with Gasteiger partial charge < -0.3 is 10.1 Å². The number of carbonyl (C=O) groups is 1. The van der Waals surface area contributed by atoms with E-state index in [2.05, 4.69) is 5.32 Å². The molecule has 4 heteroatoms. The first kappa shape index (κ1) is 14.4. The van der Waals surface area contributed by atoms with Gasteiger partial charge in [0.15, 0.2) is 0 Å². The average molecular weight is 279 g/mol. The largest absolute Gasteiger partial charge is 0.497 e. The van der Waals surface area contributed by atoms with Crippen LogP contribution in [0, 0.1) is 0 Å². The van der Waals surface area contributed by atoms with E-state index in [-0.39, 0.29) is 0 Å². The Kier molecular flexibility index (Phi) is 5.73. The molecule has 1 unspecified atom stereocenters. The van der Waals surface area contributed by atoms with Crippen LogP contribution in [-0.2, 0) is 11.2 Å². The molecule has 1 aromatic rings. The van der Waals surface area contributed by atoms with Crippen molar-refractivity contribution in [2.45, 2.75) is 25.3 Å². The normalized spacial score (nSPS) is 19.1. The second kappa shape index (κ2) is 7.56. The Morgan fingerprint density at radius 1 is 1.42 bits per heavy atom. The van der Waals surface area contributed by atoms with E-state index in [1.165, 1.54) is 5.56 Å². The number of aryl methyl sites for hydroxylation is 1. The molecule has 2 rings (SSSR count). The number of methoxy groups -OCH3 is 1. The Morgan fingerprint density at radius 2 is 2.21 bits per heavy atom. The SMILES string of the molecule is COc1ccc(CCC(=O)CC2CSCCN2)cc1. The second-order valence-corrected chi connectivity index (χ2v) is 5.97. The molecule has 0 saturated carbocycles. The van der Waals surface area contributed by atoms with Gasteiger partial charge >= 0.3 is 0 Å². The lowest BCUT2D eigenvalue weighted by Crippen LogP contribution is -2.38. The number of benzene rings is 1. The number of thioether (sulfide) groups is 1. The zero-order chi connectivity index (χ0) is 13.5. The van der Waals surface area contributed by atoms with E-state index in [9.17, 15) is 4.79 Å². The van der Waals surface area contributed by atoms with Crippen LogP contribution in [0.3, 0.4) is 0 Å². The molecule has 0 aromatic heterocycles. The van der Waals surface area contributed by atoms with Crippen LogP contribution in [-0.4, -0.2) is 37.0 Å². The van der Waals surface area contributed by atoms with Gasteiger partial charge in [-0.05, 0) is 24.1 Å². The molecule has 0 radical (unpaired) electrons. The van der Waals surface area contributed by atoms with Gasteiger partial charge in [-0.2, -0.15) is 11.8 Å². The highest BCUT2D eigenvalue weighted by molar-refractivity contribution is 7.99. The van der Waals surface area contributed by atoms with Gasteiger partial charge in [0, 0.05) is 36.9 Å². The van der Waals surface area contributed by atoms with Gasteiger partial charge in [0.1, 0.15) is 11.5 Å². The summed E-state index contributed by atoms with van der Waals surface area (Å²) in [6.07, 6.45) is 2.13. The van der Waals surface area contributed by atoms with Crippen molar-refractivity contribution in [3.63, 3.8) is 0 Å². The highest BCUT2D eigenvalue weighted by Crippen LogP contribution is 2.14. The number of ether oxygens (including phenoxy) is 1. The molecule has 104 valence electrons. The number of rotatable bonds is 6. The summed E-state index contributed by atoms with van der Waals surface area (Å²) in [4.78, 5) is 11.9. The molecule has 3 nitrogen and oxygen atoms in total. The van der Waals surface area contributed by atoms with Crippen molar-refractivity contribution in [3.05, 3.63) is 29.8 Å². The molecule has 1 N–H and O–H groups in total. The standard InChI is InChI=1S/C15H21NO2S/c1-18-15-6-3-12(4-7-15)2-5-14(17)10-13-11-19-9-8-16-13/h3-4,6-7,13,16H,2,5,8-11H2,1H3. The smallest absolute Gasteiger partial charge is 0.134 e. The zero-order valence-corrected chi connectivity index (χ0v) is 12.2. The summed E-state index contributed by atoms with van der Waals surface area (Å²) in [6.45, 7) is 1.03. The fraction of sp³-hybridized carbons (Fsp3) is 0.533. The molecule has 0 amide bonds. The minimum absolute atomic E-state index is 0.357. The fourth-order valence-electron chi connectivity index (χ4n) is 2.20. The Labute approximate surface area is 119 Å². The number of ketones is 1. The van der Waals surface area contributed by atoms with Gasteiger partial charge in [0.05, 0.1) is 7.11 Å². The van der Waals surface area contributed by atoms with Crippen molar-refractivity contribution in [2.24, 2.45) is 0 Å². The minimum Gasteiger partial charge on any atom is -0.497 e. The molecule has 0 spiro atoms. The maximum atomic E-state index is 11.9. The predicted molar refractivity (Wildman–Crippen MR) is 80.1 cm³/mol. The summed E-state index contributed by atoms with van der Waals surface area (Å²) in [6, 6.07) is 8.32. The van der Waals surface area contributed by atoms with Crippen molar-refractivity contribution in [1.29, 1.82) is 0 Å². The highest BCUT2D eigenvalue weighted by Gasteiger charge is 2.16. The Hall–Kier alpha value is -1.00. The lowest BCUT2D eigenvalue weighted by molar-refractivity contribution is -0.119. The molecule has 1 fully saturated rings. The van der Waals surface area contributed by atoms with E-state index >= 15 is 0 Å². The summed E-state index contributed by atoms with van der Waals surface area (Å²) >= 11 is 1.93. The van der Waals surface area contributed by atoms with Crippen LogP contribution in [0.5, 0.6) is 5.75 Å². The summed E-state index contributed by atoms with van der Waals surface area (Å²) in [5.41, 5.74) is 1.19. The van der Waals surface area contributed by atoms with E-state index in [0.29, 0.717) is 24.7 Å². The number of carbonyl (C=O) groups excluding carboxylic acids is 1. The van der Waals surface area contributed by atoms with Crippen LogP contribution in [0.2, 0.25) is 0 Å². The molecule has 19 heavy (non-hydrogen) atoms. The lowest BCUT2D eigenvalue weighted by atomic mass is 10.0. The quantitative estimate of drug-likeness (QED) is 0.867. The van der Waals surface area contributed by atoms with Crippen molar-refractivity contribution in [3.8, 4) is 5.75 Å². The molecular formula is C15H21NO2S. The van der Waals surface area contributed by atoms with Gasteiger partial charge in [-0.25, -0.2) is 0 Å². The van der Waals surface area contributed by atoms with Crippen LogP contribution >= 0.6 is 11.8 Å². The van der Waals surface area contributed by atoms with E-state index in [0.717, 1.165) is 30.2 Å². The molecule has 1 heterocycles. The van der Waals surface area contributed by atoms with Crippen LogP contribution in [0.25, 0.3) is 0 Å². The lowest BCUT2D eigenvalue weighted by Gasteiger charge is -2.22. The third-order valence-corrected chi connectivity index (χ3v) is 4.45. The summed E-state index contributed by atoms with van der Waals surface area (Å²) in [5.74, 6) is 3.44. The molecule has 0 bridgehead atoms. The maximum absolute atomic E-state index is 11.9. The van der Waals surface area contributed by atoms with E-state index in [1.54, 1.807) is 7.11 Å². The fourth-order valence-corrected chi connectivity index (χ4v) is 3.15. The predicted octanol–water partition coefficient (Wildman–Crippen LogP) is 2.29. The molecule has 1 aromatic carbocycles. The summed E-state index contributed by atoms with van der Waals surface area (Å²) < 4.78 is 5.12. The van der Waals surface area contributed by atoms with E-state index in [4.69, 9.17) is 4.74 Å². The maximum Gasteiger partial charge on any atom is 0.134 e. The second-order valence-electron chi connectivity index (χ2n) is 4.82. The van der Waals surface area contributed by atoms with Crippen LogP contribution in [0.1, 0.15) is 18.4 Å². The number of Topliss-reactive ketones (excluding diaryl/α,β-unsaturated/α-hetero) is 1. The van der Waals surface area contributed by atoms with E-state index in [1.807, 2.05) is 36.0 Å². The van der Waals surface area contributed by atoms with E-state index < -0.39 is 0 Å². The first-order valence-electron chi connectivity index (χ1n) is 6.73. The Bertz CT molecular complexity index is 399. The number of hydrogen-bond acceptors (Lipinski definition) is 4. The highest BCUT2D eigenvalue weighted by atomic mass is 32.2. The molecule has 1 atom stereocenters. The third kappa shape index (κ3) is 4.88. The Balaban J connectivity index is 1.72. The first-order valence-corrected chi connectivity index (χ1v) is 7.89. The average Bonchev–Trinajstić information content (AvgIpc) is 2.47. The van der Waals surface area contributed by atoms with Crippen molar-refractivity contribution >= 4 is 17.5 Å². The summed E-state index contributed by atoms with van der Waals surface area (Å²) in [7, 11) is 1.66. The van der Waals surface area contributed by atoms with Gasteiger partial charge in [-0.15, -0.1) is 0 Å². The molecule has 1 saturated heterocycles. The molecule has 1 aliphatic heterocycles. The topological polar surface area (TPSA) is 38.3 Å². The third-order valence-electron chi connectivity index (χ3n) is 3.32. The van der Waals surface area contributed by atoms with Gasteiger partial charge in [0.2, 0.25) is 0 Å². The van der Waals surface area contributed by atoms with Gasteiger partial charge in [0.25, 0.3) is 0 Å². The van der Waals surface area contributed by atoms with Crippen LogP contribution in [0.15, 0.2) is 24.3 Å². The van der Waals surface area contributed by atoms with Crippen molar-refractivity contribution < 1.29 is 9.53 Å². The Morgan fingerprint density at radius 3 is 2.84 bits per heavy atom. The van der Waals surface area contributed by atoms with Crippen molar-refractivity contribution in [2.75, 3.05) is 25.2 Å². The molecule has 1 aliphatic rings. The number of hydrogen-bond donors (Lipinski definition) is 1. The minimum atomic E-state index is 0.357.